The summed E-state index contributed by atoms with van der Waals surface area (Å²) in [7, 11) is 1.56. The first-order valence-corrected chi connectivity index (χ1v) is 9.10. The Morgan fingerprint density at radius 2 is 2.03 bits per heavy atom. The van der Waals surface area contributed by atoms with E-state index in [1.807, 2.05) is 0 Å². The molecule has 0 aliphatic carbocycles. The summed E-state index contributed by atoms with van der Waals surface area (Å²) in [5.74, 6) is 0.566. The number of rotatable bonds is 8. The van der Waals surface area contributed by atoms with Crippen LogP contribution in [0.15, 0.2) is 53.2 Å². The molecule has 1 aliphatic rings. The van der Waals surface area contributed by atoms with Crippen molar-refractivity contribution >= 4 is 23.6 Å². The fourth-order valence-corrected chi connectivity index (χ4v) is 2.67. The van der Waals surface area contributed by atoms with Crippen molar-refractivity contribution in [2.75, 3.05) is 13.7 Å². The fourth-order valence-electron chi connectivity index (χ4n) is 2.67. The molecule has 2 aromatic carbocycles. The molecular weight excluding hydrogens is 376 g/mol. The van der Waals surface area contributed by atoms with Gasteiger partial charge in [0, 0.05) is 17.7 Å². The molecule has 29 heavy (non-hydrogen) atoms. The summed E-state index contributed by atoms with van der Waals surface area (Å²) < 4.78 is 16.2. The van der Waals surface area contributed by atoms with Crippen LogP contribution in [0.2, 0.25) is 0 Å². The summed E-state index contributed by atoms with van der Waals surface area (Å²) in [5, 5.41) is 10.9. The van der Waals surface area contributed by atoms with Gasteiger partial charge in [-0.3, -0.25) is 10.1 Å². The highest BCUT2D eigenvalue weighted by atomic mass is 16.6. The third-order valence-electron chi connectivity index (χ3n) is 4.17. The standard InChI is InChI=1S/C21H20N2O6/c1-3-4-10-28-19-12-14(8-9-18(19)27-2)11-17-21(24)29-20(22-17)15-6-5-7-16(13-15)23(25)26/h5-9,11-13H,3-4,10H2,1-2H3/b17-11-. The molecule has 3 rings (SSSR count). The summed E-state index contributed by atoms with van der Waals surface area (Å²) in [6, 6.07) is 11.0. The minimum Gasteiger partial charge on any atom is -0.493 e. The Hall–Kier alpha value is -3.68. The Balaban J connectivity index is 1.88. The molecule has 0 N–H and O–H groups in total. The fraction of sp³-hybridized carbons (Fsp3) is 0.238. The zero-order valence-corrected chi connectivity index (χ0v) is 16.1. The SMILES string of the molecule is CCCCOc1cc(/C=C2\N=C(c3cccc([N+](=O)[O-])c3)OC2=O)ccc1OC. The molecule has 0 unspecified atom stereocenters. The smallest absolute Gasteiger partial charge is 0.363 e. The molecule has 0 bridgehead atoms. The predicted molar refractivity (Wildman–Crippen MR) is 107 cm³/mol. The summed E-state index contributed by atoms with van der Waals surface area (Å²) >= 11 is 0. The number of esters is 1. The van der Waals surface area contributed by atoms with E-state index in [0.717, 1.165) is 12.8 Å². The van der Waals surface area contributed by atoms with Gasteiger partial charge >= 0.3 is 5.97 Å². The Labute approximate surface area is 167 Å². The van der Waals surface area contributed by atoms with Gasteiger partial charge < -0.3 is 14.2 Å². The lowest BCUT2D eigenvalue weighted by molar-refractivity contribution is -0.384. The molecule has 0 radical (unpaired) electrons. The van der Waals surface area contributed by atoms with E-state index in [-0.39, 0.29) is 17.3 Å². The van der Waals surface area contributed by atoms with Gasteiger partial charge in [-0.25, -0.2) is 9.79 Å². The molecule has 8 nitrogen and oxygen atoms in total. The van der Waals surface area contributed by atoms with Crippen LogP contribution in [-0.2, 0) is 9.53 Å². The van der Waals surface area contributed by atoms with Crippen LogP contribution >= 0.6 is 0 Å². The lowest BCUT2D eigenvalue weighted by atomic mass is 10.1. The maximum Gasteiger partial charge on any atom is 0.363 e. The van der Waals surface area contributed by atoms with Crippen LogP contribution in [0.3, 0.4) is 0 Å². The second-order valence-electron chi connectivity index (χ2n) is 6.26. The number of carbonyl (C=O) groups excluding carboxylic acids is 1. The van der Waals surface area contributed by atoms with Gasteiger partial charge in [-0.15, -0.1) is 0 Å². The molecule has 0 atom stereocenters. The number of ether oxygens (including phenoxy) is 3. The van der Waals surface area contributed by atoms with E-state index in [1.165, 1.54) is 18.2 Å². The number of nitrogens with zero attached hydrogens (tertiary/aromatic N) is 2. The molecule has 0 spiro atoms. The number of hydrogen-bond acceptors (Lipinski definition) is 7. The van der Waals surface area contributed by atoms with Gasteiger partial charge in [-0.05, 0) is 36.3 Å². The highest BCUT2D eigenvalue weighted by Gasteiger charge is 2.25. The minimum absolute atomic E-state index is 0.0258. The van der Waals surface area contributed by atoms with Crippen LogP contribution in [0.5, 0.6) is 11.5 Å². The lowest BCUT2D eigenvalue weighted by Gasteiger charge is -2.11. The first-order chi connectivity index (χ1) is 14.0. The Bertz CT molecular complexity index is 996. The second-order valence-corrected chi connectivity index (χ2v) is 6.26. The maximum absolute atomic E-state index is 12.2. The van der Waals surface area contributed by atoms with Gasteiger partial charge in [-0.2, -0.15) is 0 Å². The number of cyclic esters (lactones) is 1. The van der Waals surface area contributed by atoms with Crippen molar-refractivity contribution in [2.24, 2.45) is 4.99 Å². The minimum atomic E-state index is -0.629. The quantitative estimate of drug-likeness (QED) is 0.219. The number of nitro groups is 1. The topological polar surface area (TPSA) is 100 Å². The van der Waals surface area contributed by atoms with Crippen molar-refractivity contribution < 1.29 is 23.9 Å². The molecule has 1 aliphatic heterocycles. The van der Waals surface area contributed by atoms with Crippen LogP contribution in [0, 0.1) is 10.1 Å². The second kappa shape index (κ2) is 9.01. The van der Waals surface area contributed by atoms with Gasteiger partial charge in [0.15, 0.2) is 17.2 Å². The number of benzene rings is 2. The van der Waals surface area contributed by atoms with Crippen molar-refractivity contribution in [3.8, 4) is 11.5 Å². The molecule has 8 heteroatoms. The number of carbonyl (C=O) groups is 1. The van der Waals surface area contributed by atoms with E-state index in [4.69, 9.17) is 14.2 Å². The van der Waals surface area contributed by atoms with Crippen LogP contribution in [0.25, 0.3) is 6.08 Å². The zero-order chi connectivity index (χ0) is 20.8. The van der Waals surface area contributed by atoms with Crippen molar-refractivity contribution in [1.82, 2.24) is 0 Å². The largest absolute Gasteiger partial charge is 0.493 e. The third kappa shape index (κ3) is 4.78. The summed E-state index contributed by atoms with van der Waals surface area (Å²) in [6.07, 6.45) is 3.49. The maximum atomic E-state index is 12.2. The Morgan fingerprint density at radius 3 is 2.76 bits per heavy atom. The van der Waals surface area contributed by atoms with Crippen LogP contribution in [0.4, 0.5) is 5.69 Å². The number of unbranched alkanes of at least 4 members (excludes halogenated alkanes) is 1. The van der Waals surface area contributed by atoms with Crippen LogP contribution in [0.1, 0.15) is 30.9 Å². The van der Waals surface area contributed by atoms with Gasteiger partial charge in [0.1, 0.15) is 0 Å². The van der Waals surface area contributed by atoms with Crippen molar-refractivity contribution in [2.45, 2.75) is 19.8 Å². The summed E-state index contributed by atoms with van der Waals surface area (Å²) in [6.45, 7) is 2.63. The molecule has 2 aromatic rings. The van der Waals surface area contributed by atoms with E-state index in [9.17, 15) is 14.9 Å². The van der Waals surface area contributed by atoms with Gasteiger partial charge in [0.25, 0.3) is 5.69 Å². The average molecular weight is 396 g/mol. The molecule has 150 valence electrons. The first-order valence-electron chi connectivity index (χ1n) is 9.10. The van der Waals surface area contributed by atoms with Crippen molar-refractivity contribution in [3.63, 3.8) is 0 Å². The zero-order valence-electron chi connectivity index (χ0n) is 16.1. The van der Waals surface area contributed by atoms with Crippen LogP contribution < -0.4 is 9.47 Å². The Morgan fingerprint density at radius 1 is 1.21 bits per heavy atom. The highest BCUT2D eigenvalue weighted by Crippen LogP contribution is 2.30. The van der Waals surface area contributed by atoms with Gasteiger partial charge in [-0.1, -0.05) is 25.5 Å². The normalized spacial score (nSPS) is 14.5. The molecule has 0 amide bonds. The molecule has 0 saturated carbocycles. The number of nitro benzene ring substituents is 1. The molecule has 1 heterocycles. The monoisotopic (exact) mass is 396 g/mol. The number of non-ortho nitro benzene ring substituents is 1. The first kappa shape index (κ1) is 20.1. The molecular formula is C21H20N2O6. The van der Waals surface area contributed by atoms with E-state index >= 15 is 0 Å². The number of hydrogen-bond donors (Lipinski definition) is 0. The van der Waals surface area contributed by atoms with Crippen molar-refractivity contribution in [1.29, 1.82) is 0 Å². The van der Waals surface area contributed by atoms with Crippen molar-refractivity contribution in [3.05, 3.63) is 69.4 Å². The summed E-state index contributed by atoms with van der Waals surface area (Å²) in [5.41, 5.74) is 1.03. The number of aliphatic imine (C=N–C) groups is 1. The third-order valence-corrected chi connectivity index (χ3v) is 4.17. The average Bonchev–Trinajstić information content (AvgIpc) is 3.09. The van der Waals surface area contributed by atoms with E-state index in [0.29, 0.717) is 29.2 Å². The predicted octanol–water partition coefficient (Wildman–Crippen LogP) is 4.13. The lowest BCUT2D eigenvalue weighted by Crippen LogP contribution is -2.05. The number of methoxy groups -OCH3 is 1. The van der Waals surface area contributed by atoms with E-state index in [2.05, 4.69) is 11.9 Å². The van der Waals surface area contributed by atoms with E-state index in [1.54, 1.807) is 37.5 Å². The molecule has 0 aromatic heterocycles. The summed E-state index contributed by atoms with van der Waals surface area (Å²) in [4.78, 5) is 26.8. The van der Waals surface area contributed by atoms with Gasteiger partial charge in [0.2, 0.25) is 5.90 Å². The van der Waals surface area contributed by atoms with Gasteiger partial charge in [0.05, 0.1) is 18.6 Å². The molecule has 0 saturated heterocycles. The van der Waals surface area contributed by atoms with E-state index < -0.39 is 10.9 Å². The molecule has 0 fully saturated rings. The highest BCUT2D eigenvalue weighted by molar-refractivity contribution is 6.13. The Kier molecular flexibility index (Phi) is 6.23. The van der Waals surface area contributed by atoms with Crippen LogP contribution in [-0.4, -0.2) is 30.5 Å².